The van der Waals surface area contributed by atoms with Gasteiger partial charge in [-0.3, -0.25) is 33.7 Å². The molecule has 1 unspecified atom stereocenters. The third kappa shape index (κ3) is 11.0. The number of benzene rings is 1. The number of fused-ring (bicyclic) bond motifs is 2. The van der Waals surface area contributed by atoms with Gasteiger partial charge < -0.3 is 33.9 Å². The van der Waals surface area contributed by atoms with Crippen molar-refractivity contribution in [2.45, 2.75) is 88.3 Å². The number of rotatable bonds is 20. The van der Waals surface area contributed by atoms with E-state index in [1.807, 2.05) is 33.8 Å². The summed E-state index contributed by atoms with van der Waals surface area (Å²) < 4.78 is 33.3. The first-order chi connectivity index (χ1) is 30.9. The van der Waals surface area contributed by atoms with Gasteiger partial charge in [-0.15, -0.1) is 0 Å². The number of nitrogens with one attached hydrogen (secondary N) is 2. The molecular formula is C45H63N9O9. The van der Waals surface area contributed by atoms with Crippen LogP contribution in [0.25, 0.3) is 16.6 Å². The van der Waals surface area contributed by atoms with Crippen LogP contribution >= 0.6 is 0 Å². The number of aryl methyl sites for hydroxylation is 2. The van der Waals surface area contributed by atoms with Crippen molar-refractivity contribution >= 4 is 40.1 Å². The van der Waals surface area contributed by atoms with E-state index in [1.165, 1.54) is 10.1 Å². The van der Waals surface area contributed by atoms with E-state index in [4.69, 9.17) is 23.7 Å². The van der Waals surface area contributed by atoms with Gasteiger partial charge >= 0.3 is 5.69 Å². The van der Waals surface area contributed by atoms with Gasteiger partial charge in [0.1, 0.15) is 24.5 Å². The highest BCUT2D eigenvalue weighted by Gasteiger charge is 2.33. The number of hydrogen-bond donors (Lipinski definition) is 2. The van der Waals surface area contributed by atoms with Crippen LogP contribution < -0.4 is 16.3 Å². The van der Waals surface area contributed by atoms with Crippen LogP contribution in [0.5, 0.6) is 0 Å². The van der Waals surface area contributed by atoms with E-state index in [2.05, 4.69) is 31.7 Å². The van der Waals surface area contributed by atoms with Crippen LogP contribution in [0.2, 0.25) is 0 Å². The van der Waals surface area contributed by atoms with Crippen LogP contribution in [0.15, 0.2) is 41.6 Å². The van der Waals surface area contributed by atoms with Crippen molar-refractivity contribution < 1.29 is 38.1 Å². The Balaban J connectivity index is 0.635. The molecule has 6 heterocycles. The minimum atomic E-state index is -0.706. The molecule has 3 amide bonds. The Labute approximate surface area is 367 Å². The normalized spacial score (nSPS) is 21.7. The number of imidazole rings is 1. The summed E-state index contributed by atoms with van der Waals surface area (Å²) in [7, 11) is 1.71. The number of imide groups is 1. The monoisotopic (exact) mass is 873 g/mol. The van der Waals surface area contributed by atoms with Crippen LogP contribution in [0.1, 0.15) is 80.9 Å². The summed E-state index contributed by atoms with van der Waals surface area (Å²) in [4.78, 5) is 59.4. The number of carbonyl (C=O) groups excluding carboxylic acids is 3. The van der Waals surface area contributed by atoms with E-state index in [0.29, 0.717) is 82.6 Å². The SMILES string of the molecule is Cn1c(=O)n(C2CCC(=O)NC2=O)c2cccc(CCCOCCOCCOCCOCC(=O)N3CCN([C@H]4CC[C@H](Nc5ncnn6ccc(C7CCOCC7)c56)CC4)CC3)c21. The average Bonchev–Trinajstić information content (AvgIpc) is 3.86. The van der Waals surface area contributed by atoms with Crippen molar-refractivity contribution in [3.8, 4) is 0 Å². The second kappa shape index (κ2) is 21.8. The fourth-order valence-corrected chi connectivity index (χ4v) is 9.76. The predicted octanol–water partition coefficient (Wildman–Crippen LogP) is 2.82. The summed E-state index contributed by atoms with van der Waals surface area (Å²) in [5, 5.41) is 10.6. The van der Waals surface area contributed by atoms with Gasteiger partial charge in [0, 0.05) is 77.7 Å². The fourth-order valence-electron chi connectivity index (χ4n) is 9.76. The van der Waals surface area contributed by atoms with E-state index in [0.717, 1.165) is 107 Å². The lowest BCUT2D eigenvalue weighted by Crippen LogP contribution is -2.53. The number of anilines is 1. The van der Waals surface area contributed by atoms with Crippen molar-refractivity contribution in [2.75, 3.05) is 97.6 Å². The Morgan fingerprint density at radius 2 is 1.56 bits per heavy atom. The quantitative estimate of drug-likeness (QED) is 0.0978. The zero-order valence-corrected chi connectivity index (χ0v) is 36.5. The van der Waals surface area contributed by atoms with Crippen LogP contribution in [0, 0.1) is 0 Å². The van der Waals surface area contributed by atoms with E-state index in [-0.39, 0.29) is 30.5 Å². The van der Waals surface area contributed by atoms with Gasteiger partial charge in [-0.05, 0) is 87.0 Å². The molecule has 4 aliphatic rings. The first-order valence-corrected chi connectivity index (χ1v) is 22.9. The number of carbonyl (C=O) groups is 3. The van der Waals surface area contributed by atoms with Crippen molar-refractivity contribution in [3.05, 3.63) is 58.4 Å². The molecule has 2 N–H and O–H groups in total. The molecule has 3 aliphatic heterocycles. The van der Waals surface area contributed by atoms with E-state index < -0.39 is 11.9 Å². The summed E-state index contributed by atoms with van der Waals surface area (Å²) in [5.41, 5.74) is 4.63. The molecule has 0 bridgehead atoms. The molecule has 18 heteroatoms. The Hall–Kier alpha value is -4.72. The molecule has 1 saturated carbocycles. The number of aromatic nitrogens is 5. The third-order valence-electron chi connectivity index (χ3n) is 13.2. The third-order valence-corrected chi connectivity index (χ3v) is 13.2. The first kappa shape index (κ1) is 44.9. The largest absolute Gasteiger partial charge is 0.381 e. The molecule has 8 rings (SSSR count). The van der Waals surface area contributed by atoms with Gasteiger partial charge in [-0.25, -0.2) is 14.3 Å². The second-order valence-corrected chi connectivity index (χ2v) is 17.1. The lowest BCUT2D eigenvalue weighted by molar-refractivity contribution is -0.139. The number of amides is 3. The summed E-state index contributed by atoms with van der Waals surface area (Å²) in [6, 6.07) is 8.13. The number of piperidine rings is 1. The highest BCUT2D eigenvalue weighted by molar-refractivity contribution is 6.00. The predicted molar refractivity (Wildman–Crippen MR) is 234 cm³/mol. The van der Waals surface area contributed by atoms with Gasteiger partial charge in [-0.1, -0.05) is 12.1 Å². The Bertz CT molecular complexity index is 2220. The molecule has 342 valence electrons. The molecule has 4 aromatic rings. The summed E-state index contributed by atoms with van der Waals surface area (Å²) in [6.45, 7) is 7.91. The van der Waals surface area contributed by atoms with E-state index in [9.17, 15) is 19.2 Å². The Morgan fingerprint density at radius 3 is 2.29 bits per heavy atom. The van der Waals surface area contributed by atoms with Crippen molar-refractivity contribution in [1.82, 2.24) is 38.8 Å². The topological polar surface area (TPSA) is 185 Å². The molecular weight excluding hydrogens is 811 g/mol. The number of para-hydroxylation sites is 1. The van der Waals surface area contributed by atoms with Gasteiger partial charge in [-0.2, -0.15) is 5.10 Å². The van der Waals surface area contributed by atoms with Crippen LogP contribution in [-0.2, 0) is 51.5 Å². The van der Waals surface area contributed by atoms with Crippen LogP contribution in [-0.4, -0.2) is 156 Å². The maximum atomic E-state index is 13.2. The number of ether oxygens (including phenoxy) is 5. The molecule has 4 fully saturated rings. The van der Waals surface area contributed by atoms with E-state index >= 15 is 0 Å². The zero-order chi connectivity index (χ0) is 43.5. The minimum absolute atomic E-state index is 0.0269. The maximum absolute atomic E-state index is 13.2. The van der Waals surface area contributed by atoms with E-state index in [1.54, 1.807) is 17.9 Å². The van der Waals surface area contributed by atoms with Crippen molar-refractivity contribution in [2.24, 2.45) is 7.05 Å². The molecule has 0 radical (unpaired) electrons. The molecule has 1 atom stereocenters. The second-order valence-electron chi connectivity index (χ2n) is 17.1. The summed E-state index contributed by atoms with van der Waals surface area (Å²) in [5.74, 6) is 0.688. The molecule has 3 aromatic heterocycles. The minimum Gasteiger partial charge on any atom is -0.381 e. The standard InChI is InChI=1S/C45H63N9O9/c1-50-41-33(4-2-6-37(41)54(45(50)58)38-11-12-39(55)49-44(38)57)5-3-21-59-24-25-61-26-27-62-28-29-63-30-40(56)52-19-17-51(18-20-52)35-9-7-34(8-10-35)48-43-42-36(32-14-22-60-23-15-32)13-16-53(42)47-31-46-43/h2,4,6,13,16,31-32,34-35,38H,3,5,7-12,14-15,17-30H2,1H3,(H,46,47,48)(H,49,55,57)/t34-,35-,38?. The highest BCUT2D eigenvalue weighted by atomic mass is 16.6. The molecule has 18 nitrogen and oxygen atoms in total. The summed E-state index contributed by atoms with van der Waals surface area (Å²) in [6.07, 6.45) is 12.1. The number of nitrogens with zero attached hydrogens (tertiary/aromatic N) is 7. The molecule has 1 aromatic carbocycles. The molecule has 3 saturated heterocycles. The summed E-state index contributed by atoms with van der Waals surface area (Å²) >= 11 is 0. The number of piperazine rings is 1. The molecule has 1 aliphatic carbocycles. The van der Waals surface area contributed by atoms with Crippen LogP contribution in [0.3, 0.4) is 0 Å². The lowest BCUT2D eigenvalue weighted by Gasteiger charge is -2.42. The zero-order valence-electron chi connectivity index (χ0n) is 36.5. The van der Waals surface area contributed by atoms with Gasteiger partial charge in [0.2, 0.25) is 17.7 Å². The van der Waals surface area contributed by atoms with Gasteiger partial charge in [0.05, 0.1) is 50.7 Å². The molecule has 0 spiro atoms. The van der Waals surface area contributed by atoms with Crippen molar-refractivity contribution in [3.63, 3.8) is 0 Å². The first-order valence-electron chi connectivity index (χ1n) is 22.9. The molecule has 63 heavy (non-hydrogen) atoms. The van der Waals surface area contributed by atoms with Gasteiger partial charge in [0.15, 0.2) is 5.82 Å². The van der Waals surface area contributed by atoms with Crippen LogP contribution in [0.4, 0.5) is 5.82 Å². The smallest absolute Gasteiger partial charge is 0.329 e. The highest BCUT2D eigenvalue weighted by Crippen LogP contribution is 2.34. The number of hydrogen-bond acceptors (Lipinski definition) is 13. The Kier molecular flexibility index (Phi) is 15.5. The van der Waals surface area contributed by atoms with Crippen molar-refractivity contribution in [1.29, 1.82) is 0 Å². The van der Waals surface area contributed by atoms with Gasteiger partial charge in [0.25, 0.3) is 0 Å². The lowest BCUT2D eigenvalue weighted by atomic mass is 9.89. The maximum Gasteiger partial charge on any atom is 0.329 e. The fraction of sp³-hybridized carbons (Fsp3) is 0.644. The average molecular weight is 874 g/mol. The Morgan fingerprint density at radius 1 is 0.841 bits per heavy atom.